The van der Waals surface area contributed by atoms with Crippen molar-refractivity contribution in [2.75, 3.05) is 18.5 Å². The van der Waals surface area contributed by atoms with E-state index in [1.165, 1.54) is 0 Å². The van der Waals surface area contributed by atoms with Crippen LogP contribution in [0.2, 0.25) is 0 Å². The van der Waals surface area contributed by atoms with Gasteiger partial charge >= 0.3 is 0 Å². The van der Waals surface area contributed by atoms with Crippen LogP contribution in [0.3, 0.4) is 0 Å². The van der Waals surface area contributed by atoms with Crippen LogP contribution < -0.4 is 14.8 Å². The molecule has 3 heterocycles. The Balaban J connectivity index is 1.65. The lowest BCUT2D eigenvalue weighted by Gasteiger charge is -2.11. The molecule has 0 saturated carbocycles. The molecule has 1 N–H and O–H groups in total. The minimum atomic E-state index is 0.516. The van der Waals surface area contributed by atoms with E-state index in [1.807, 2.05) is 32.0 Å². The summed E-state index contributed by atoms with van der Waals surface area (Å²) in [6, 6.07) is 8.09. The first-order valence-electron chi connectivity index (χ1n) is 8.96. The number of thiazole rings is 1. The van der Waals surface area contributed by atoms with Gasteiger partial charge in [0.15, 0.2) is 16.7 Å². The van der Waals surface area contributed by atoms with Crippen LogP contribution in [0.25, 0.3) is 21.3 Å². The average Bonchev–Trinajstić information content (AvgIpc) is 3.12. The predicted molar refractivity (Wildman–Crippen MR) is 111 cm³/mol. The number of aromatic nitrogens is 4. The number of hydrogen-bond donors (Lipinski definition) is 1. The summed E-state index contributed by atoms with van der Waals surface area (Å²) in [4.78, 5) is 17.3. The number of anilines is 2. The molecule has 0 amide bonds. The van der Waals surface area contributed by atoms with Gasteiger partial charge in [0, 0.05) is 24.2 Å². The van der Waals surface area contributed by atoms with Crippen LogP contribution in [0.4, 0.5) is 10.9 Å². The van der Waals surface area contributed by atoms with Gasteiger partial charge in [-0.2, -0.15) is 0 Å². The zero-order valence-electron chi connectivity index (χ0n) is 15.5. The van der Waals surface area contributed by atoms with Gasteiger partial charge in [-0.25, -0.2) is 15.0 Å². The fourth-order valence-corrected chi connectivity index (χ4v) is 3.64. The lowest BCUT2D eigenvalue weighted by Crippen LogP contribution is -2.00. The molecule has 0 aliphatic carbocycles. The monoisotopic (exact) mass is 393 g/mol. The molecule has 8 heteroatoms. The highest BCUT2D eigenvalue weighted by molar-refractivity contribution is 7.22. The highest BCUT2D eigenvalue weighted by Gasteiger charge is 2.11. The first-order chi connectivity index (χ1) is 13.8. The summed E-state index contributed by atoms with van der Waals surface area (Å²) >= 11 is 1.56. The molecule has 1 aromatic carbocycles. The number of ether oxygens (including phenoxy) is 2. The quantitative estimate of drug-likeness (QED) is 0.488. The van der Waals surface area contributed by atoms with Crippen LogP contribution in [-0.2, 0) is 0 Å². The van der Waals surface area contributed by atoms with Crippen molar-refractivity contribution in [3.63, 3.8) is 0 Å². The van der Waals surface area contributed by atoms with Crippen molar-refractivity contribution in [3.05, 3.63) is 49.1 Å². The van der Waals surface area contributed by atoms with E-state index in [0.717, 1.165) is 26.5 Å². The first-order valence-corrected chi connectivity index (χ1v) is 9.78. The maximum absolute atomic E-state index is 5.69. The average molecular weight is 393 g/mol. The summed E-state index contributed by atoms with van der Waals surface area (Å²) in [5, 5.41) is 3.96. The van der Waals surface area contributed by atoms with Gasteiger partial charge in [0.2, 0.25) is 0 Å². The number of benzene rings is 1. The van der Waals surface area contributed by atoms with Crippen molar-refractivity contribution in [3.8, 4) is 22.8 Å². The molecule has 7 nitrogen and oxygen atoms in total. The standard InChI is InChI=1S/C20H19N5O2S/c1-3-26-16-9-14(11-23-19(16)27-4-2)13-5-6-15-17(10-13)28-20(24-15)25-18-12-21-7-8-22-18/h5-12H,3-4H2,1-2H3,(H,22,24,25). The summed E-state index contributed by atoms with van der Waals surface area (Å²) in [5.41, 5.74) is 2.92. The van der Waals surface area contributed by atoms with E-state index in [9.17, 15) is 0 Å². The number of pyridine rings is 1. The van der Waals surface area contributed by atoms with Crippen molar-refractivity contribution in [2.24, 2.45) is 0 Å². The van der Waals surface area contributed by atoms with E-state index >= 15 is 0 Å². The van der Waals surface area contributed by atoms with Gasteiger partial charge in [0.1, 0.15) is 0 Å². The molecule has 3 aromatic heterocycles. The van der Waals surface area contributed by atoms with E-state index in [2.05, 4.69) is 31.3 Å². The Morgan fingerprint density at radius 1 is 0.964 bits per heavy atom. The van der Waals surface area contributed by atoms with E-state index in [1.54, 1.807) is 36.1 Å². The predicted octanol–water partition coefficient (Wildman–Crippen LogP) is 4.69. The third-order valence-corrected chi connectivity index (χ3v) is 4.85. The van der Waals surface area contributed by atoms with Gasteiger partial charge in [-0.15, -0.1) is 0 Å². The van der Waals surface area contributed by atoms with E-state index in [0.29, 0.717) is 30.7 Å². The minimum Gasteiger partial charge on any atom is -0.488 e. The number of nitrogens with one attached hydrogen (secondary N) is 1. The Hall–Kier alpha value is -3.26. The summed E-state index contributed by atoms with van der Waals surface area (Å²) in [6.07, 6.45) is 6.74. The lowest BCUT2D eigenvalue weighted by atomic mass is 10.1. The zero-order chi connectivity index (χ0) is 19.3. The SMILES string of the molecule is CCOc1cc(-c2ccc3nc(Nc4cnccn4)sc3c2)cnc1OCC. The number of hydrogen-bond acceptors (Lipinski definition) is 8. The summed E-state index contributed by atoms with van der Waals surface area (Å²) in [5.74, 6) is 1.83. The van der Waals surface area contributed by atoms with Gasteiger partial charge in [-0.3, -0.25) is 4.98 Å². The van der Waals surface area contributed by atoms with Gasteiger partial charge in [-0.1, -0.05) is 17.4 Å². The third kappa shape index (κ3) is 3.86. The van der Waals surface area contributed by atoms with E-state index in [-0.39, 0.29) is 0 Å². The second-order valence-electron chi connectivity index (χ2n) is 5.81. The van der Waals surface area contributed by atoms with Crippen molar-refractivity contribution in [1.82, 2.24) is 19.9 Å². The Kier molecular flexibility index (Phi) is 5.29. The zero-order valence-corrected chi connectivity index (χ0v) is 16.4. The molecular weight excluding hydrogens is 374 g/mol. The van der Waals surface area contributed by atoms with Gasteiger partial charge in [0.05, 0.1) is 29.6 Å². The number of fused-ring (bicyclic) bond motifs is 1. The molecule has 0 fully saturated rings. The Bertz CT molecular complexity index is 1080. The fraction of sp³-hybridized carbons (Fsp3) is 0.200. The van der Waals surface area contributed by atoms with Crippen molar-refractivity contribution in [1.29, 1.82) is 0 Å². The molecule has 0 saturated heterocycles. The minimum absolute atomic E-state index is 0.516. The van der Waals surface area contributed by atoms with Gasteiger partial charge in [-0.05, 0) is 37.6 Å². The molecule has 4 rings (SSSR count). The van der Waals surface area contributed by atoms with Crippen LogP contribution in [-0.4, -0.2) is 33.1 Å². The molecule has 28 heavy (non-hydrogen) atoms. The topological polar surface area (TPSA) is 82.0 Å². The maximum atomic E-state index is 5.69. The van der Waals surface area contributed by atoms with E-state index < -0.39 is 0 Å². The fourth-order valence-electron chi connectivity index (χ4n) is 2.72. The third-order valence-electron chi connectivity index (χ3n) is 3.92. The largest absolute Gasteiger partial charge is 0.488 e. The molecule has 0 aliphatic rings. The lowest BCUT2D eigenvalue weighted by molar-refractivity contribution is 0.278. The first kappa shape index (κ1) is 18.1. The van der Waals surface area contributed by atoms with Crippen molar-refractivity contribution < 1.29 is 9.47 Å². The molecule has 0 bridgehead atoms. The molecule has 142 valence electrons. The molecule has 4 aromatic rings. The van der Waals surface area contributed by atoms with Crippen LogP contribution in [0, 0.1) is 0 Å². The summed E-state index contributed by atoms with van der Waals surface area (Å²) in [6.45, 7) is 4.96. The van der Waals surface area contributed by atoms with Crippen molar-refractivity contribution in [2.45, 2.75) is 13.8 Å². The highest BCUT2D eigenvalue weighted by atomic mass is 32.1. The Morgan fingerprint density at radius 3 is 2.64 bits per heavy atom. The Morgan fingerprint density at radius 2 is 1.86 bits per heavy atom. The van der Waals surface area contributed by atoms with Crippen LogP contribution in [0.15, 0.2) is 49.1 Å². The maximum Gasteiger partial charge on any atom is 0.257 e. The summed E-state index contributed by atoms with van der Waals surface area (Å²) < 4.78 is 12.3. The summed E-state index contributed by atoms with van der Waals surface area (Å²) in [7, 11) is 0. The van der Waals surface area contributed by atoms with E-state index in [4.69, 9.17) is 9.47 Å². The van der Waals surface area contributed by atoms with Crippen molar-refractivity contribution >= 4 is 32.5 Å². The van der Waals surface area contributed by atoms with Crippen LogP contribution in [0.1, 0.15) is 13.8 Å². The normalized spacial score (nSPS) is 10.8. The second kappa shape index (κ2) is 8.18. The molecule has 0 unspecified atom stereocenters. The van der Waals surface area contributed by atoms with Crippen LogP contribution >= 0.6 is 11.3 Å². The number of nitrogens with zero attached hydrogens (tertiary/aromatic N) is 4. The second-order valence-corrected chi connectivity index (χ2v) is 6.84. The number of rotatable bonds is 7. The molecule has 0 spiro atoms. The van der Waals surface area contributed by atoms with Gasteiger partial charge in [0.25, 0.3) is 5.88 Å². The molecule has 0 aliphatic heterocycles. The molecular formula is C20H19N5O2S. The molecule has 0 atom stereocenters. The van der Waals surface area contributed by atoms with Gasteiger partial charge < -0.3 is 14.8 Å². The van der Waals surface area contributed by atoms with Crippen LogP contribution in [0.5, 0.6) is 11.6 Å². The Labute approximate surface area is 166 Å². The smallest absolute Gasteiger partial charge is 0.257 e. The highest BCUT2D eigenvalue weighted by Crippen LogP contribution is 2.34. The molecule has 0 radical (unpaired) electrons.